The maximum absolute atomic E-state index is 12.8. The van der Waals surface area contributed by atoms with Crippen molar-refractivity contribution in [2.45, 2.75) is 46.2 Å². The Labute approximate surface area is 150 Å². The predicted octanol–water partition coefficient (Wildman–Crippen LogP) is 1.46. The summed E-state index contributed by atoms with van der Waals surface area (Å²) in [6.45, 7) is 10.2. The van der Waals surface area contributed by atoms with Crippen molar-refractivity contribution >= 4 is 17.5 Å². The van der Waals surface area contributed by atoms with Crippen LogP contribution >= 0.6 is 0 Å². The lowest BCUT2D eigenvalue weighted by molar-refractivity contribution is -0.132. The molecule has 3 rings (SSSR count). The number of amides is 1. The summed E-state index contributed by atoms with van der Waals surface area (Å²) in [6.07, 6.45) is 3.75. The first-order valence-electron chi connectivity index (χ1n) is 9.14. The van der Waals surface area contributed by atoms with Gasteiger partial charge in [0.1, 0.15) is 18.0 Å². The highest BCUT2D eigenvalue weighted by Gasteiger charge is 2.32. The van der Waals surface area contributed by atoms with Crippen molar-refractivity contribution in [3.05, 3.63) is 11.9 Å². The number of rotatable bonds is 3. The third-order valence-electron chi connectivity index (χ3n) is 4.80. The highest BCUT2D eigenvalue weighted by atomic mass is 16.2. The molecule has 0 saturated carbocycles. The second-order valence-electron chi connectivity index (χ2n) is 8.32. The Morgan fingerprint density at radius 3 is 2.80 bits per heavy atom. The van der Waals surface area contributed by atoms with E-state index >= 15 is 0 Å². The van der Waals surface area contributed by atoms with Crippen molar-refractivity contribution in [3.8, 4) is 0 Å². The molecule has 0 spiro atoms. The van der Waals surface area contributed by atoms with E-state index < -0.39 is 0 Å². The van der Waals surface area contributed by atoms with Gasteiger partial charge in [-0.2, -0.15) is 0 Å². The van der Waals surface area contributed by atoms with Gasteiger partial charge in [0, 0.05) is 26.2 Å². The third-order valence-corrected chi connectivity index (χ3v) is 4.80. The van der Waals surface area contributed by atoms with E-state index in [1.165, 1.54) is 0 Å². The molecule has 25 heavy (non-hydrogen) atoms. The average molecular weight is 346 g/mol. The van der Waals surface area contributed by atoms with Gasteiger partial charge in [0.2, 0.25) is 5.91 Å². The number of carbonyl (C=O) groups is 1. The van der Waals surface area contributed by atoms with E-state index in [1.807, 2.05) is 16.8 Å². The Morgan fingerprint density at radius 1 is 1.32 bits per heavy atom. The van der Waals surface area contributed by atoms with Crippen LogP contribution in [0.5, 0.6) is 0 Å². The summed E-state index contributed by atoms with van der Waals surface area (Å²) in [5, 5.41) is 6.88. The number of nitrogens with zero attached hydrogens (tertiary/aromatic N) is 4. The Kier molecular flexibility index (Phi) is 5.13. The van der Waals surface area contributed by atoms with Gasteiger partial charge in [0.05, 0.1) is 18.7 Å². The van der Waals surface area contributed by atoms with Crippen LogP contribution in [0.25, 0.3) is 0 Å². The fourth-order valence-corrected chi connectivity index (χ4v) is 3.44. The van der Waals surface area contributed by atoms with E-state index in [0.29, 0.717) is 13.1 Å². The largest absolute Gasteiger partial charge is 0.369 e. The molecular weight excluding hydrogens is 316 g/mol. The number of piperidine rings is 1. The quantitative estimate of drug-likeness (QED) is 0.863. The first-order valence-corrected chi connectivity index (χ1v) is 9.14. The maximum atomic E-state index is 12.8. The first kappa shape index (κ1) is 17.9. The molecule has 1 unspecified atom stereocenters. The molecule has 1 aromatic rings. The van der Waals surface area contributed by atoms with E-state index in [4.69, 9.17) is 0 Å². The van der Waals surface area contributed by atoms with Crippen molar-refractivity contribution < 1.29 is 4.79 Å². The molecule has 0 radical (unpaired) electrons. The maximum Gasteiger partial charge on any atom is 0.242 e. The van der Waals surface area contributed by atoms with E-state index in [2.05, 4.69) is 41.4 Å². The average Bonchev–Trinajstić information content (AvgIpc) is 2.70. The van der Waals surface area contributed by atoms with Gasteiger partial charge in [-0.05, 0) is 24.8 Å². The highest BCUT2D eigenvalue weighted by molar-refractivity contribution is 5.84. The van der Waals surface area contributed by atoms with Gasteiger partial charge in [-0.25, -0.2) is 9.97 Å². The molecule has 2 N–H and O–H groups in total. The number of carbonyl (C=O) groups excluding carboxylic acids is 1. The molecule has 0 bridgehead atoms. The second kappa shape index (κ2) is 7.15. The molecule has 0 aromatic carbocycles. The van der Waals surface area contributed by atoms with Crippen LogP contribution in [0, 0.1) is 5.41 Å². The monoisotopic (exact) mass is 346 g/mol. The van der Waals surface area contributed by atoms with Gasteiger partial charge in [-0.3, -0.25) is 4.79 Å². The summed E-state index contributed by atoms with van der Waals surface area (Å²) in [5.74, 6) is 1.86. The molecule has 1 aromatic heterocycles. The standard InChI is InChI=1S/C18H30N6O/c1-18(2,3)11-20-16-14-9-24(13-6-5-7-19-8-13)15(25)10-23(4)17(14)22-12-21-16/h12-13,19H,5-11H2,1-4H3,(H,20,21,22). The lowest BCUT2D eigenvalue weighted by Gasteiger charge is -2.34. The zero-order valence-electron chi connectivity index (χ0n) is 15.8. The molecule has 7 nitrogen and oxygen atoms in total. The summed E-state index contributed by atoms with van der Waals surface area (Å²) >= 11 is 0. The van der Waals surface area contributed by atoms with Crippen molar-refractivity contribution in [3.63, 3.8) is 0 Å². The molecular formula is C18H30N6O. The molecule has 138 valence electrons. The van der Waals surface area contributed by atoms with E-state index in [0.717, 1.165) is 49.7 Å². The van der Waals surface area contributed by atoms with Crippen molar-refractivity contribution in [2.24, 2.45) is 5.41 Å². The van der Waals surface area contributed by atoms with E-state index in [-0.39, 0.29) is 17.4 Å². The molecule has 1 fully saturated rings. The minimum absolute atomic E-state index is 0.150. The molecule has 3 heterocycles. The van der Waals surface area contributed by atoms with Crippen molar-refractivity contribution in [1.29, 1.82) is 0 Å². The number of hydrogen-bond acceptors (Lipinski definition) is 6. The lowest BCUT2D eigenvalue weighted by Crippen LogP contribution is -2.49. The minimum Gasteiger partial charge on any atom is -0.369 e. The minimum atomic E-state index is 0.150. The lowest BCUT2D eigenvalue weighted by atomic mass is 9.97. The Balaban J connectivity index is 1.89. The van der Waals surface area contributed by atoms with Crippen LogP contribution in [0.2, 0.25) is 0 Å². The summed E-state index contributed by atoms with van der Waals surface area (Å²) in [4.78, 5) is 25.7. The molecule has 2 aliphatic heterocycles. The van der Waals surface area contributed by atoms with E-state index in [1.54, 1.807) is 6.33 Å². The molecule has 7 heteroatoms. The third kappa shape index (κ3) is 4.21. The fourth-order valence-electron chi connectivity index (χ4n) is 3.44. The van der Waals surface area contributed by atoms with Gasteiger partial charge in [-0.1, -0.05) is 20.8 Å². The Bertz CT molecular complexity index is 620. The van der Waals surface area contributed by atoms with E-state index in [9.17, 15) is 4.79 Å². The molecule has 1 saturated heterocycles. The SMILES string of the molecule is CN1CC(=O)N(C2CCCNC2)Cc2c(NCC(C)(C)C)ncnc21. The van der Waals surface area contributed by atoms with Gasteiger partial charge in [0.25, 0.3) is 0 Å². The number of hydrogen-bond donors (Lipinski definition) is 2. The first-order chi connectivity index (χ1) is 11.8. The Hall–Kier alpha value is -1.89. The topological polar surface area (TPSA) is 73.4 Å². The molecule has 0 aliphatic carbocycles. The van der Waals surface area contributed by atoms with Crippen molar-refractivity contribution in [2.75, 3.05) is 43.4 Å². The number of anilines is 2. The summed E-state index contributed by atoms with van der Waals surface area (Å²) < 4.78 is 0. The summed E-state index contributed by atoms with van der Waals surface area (Å²) in [7, 11) is 1.93. The zero-order chi connectivity index (χ0) is 18.0. The van der Waals surface area contributed by atoms with Crippen molar-refractivity contribution in [1.82, 2.24) is 20.2 Å². The predicted molar refractivity (Wildman–Crippen MR) is 99.7 cm³/mol. The van der Waals surface area contributed by atoms with Crippen LogP contribution in [0.15, 0.2) is 6.33 Å². The second-order valence-corrected chi connectivity index (χ2v) is 8.32. The van der Waals surface area contributed by atoms with Crippen LogP contribution in [0.3, 0.4) is 0 Å². The number of aromatic nitrogens is 2. The zero-order valence-corrected chi connectivity index (χ0v) is 15.8. The normalized spacial score (nSPS) is 21.8. The highest BCUT2D eigenvalue weighted by Crippen LogP contribution is 2.29. The van der Waals surface area contributed by atoms with Crippen LogP contribution in [-0.4, -0.2) is 60.0 Å². The van der Waals surface area contributed by atoms with Crippen LogP contribution in [0.4, 0.5) is 11.6 Å². The smallest absolute Gasteiger partial charge is 0.242 e. The molecule has 1 amide bonds. The van der Waals surface area contributed by atoms with Gasteiger partial charge in [-0.15, -0.1) is 0 Å². The van der Waals surface area contributed by atoms with Crippen LogP contribution < -0.4 is 15.5 Å². The molecule has 1 atom stereocenters. The van der Waals surface area contributed by atoms with Crippen LogP contribution in [0.1, 0.15) is 39.2 Å². The summed E-state index contributed by atoms with van der Waals surface area (Å²) in [5.41, 5.74) is 1.17. The van der Waals surface area contributed by atoms with Gasteiger partial charge in [0.15, 0.2) is 0 Å². The van der Waals surface area contributed by atoms with Crippen LogP contribution in [-0.2, 0) is 11.3 Å². The number of nitrogens with one attached hydrogen (secondary N) is 2. The van der Waals surface area contributed by atoms with Gasteiger partial charge < -0.3 is 20.4 Å². The number of likely N-dealkylation sites (N-methyl/N-ethyl adjacent to an activating group) is 1. The number of fused-ring (bicyclic) bond motifs is 1. The fraction of sp³-hybridized carbons (Fsp3) is 0.722. The summed E-state index contributed by atoms with van der Waals surface area (Å²) in [6, 6.07) is 0.247. The van der Waals surface area contributed by atoms with Gasteiger partial charge >= 0.3 is 0 Å². The Morgan fingerprint density at radius 2 is 2.12 bits per heavy atom. The molecule has 2 aliphatic rings.